The van der Waals surface area contributed by atoms with Crippen molar-refractivity contribution >= 4 is 22.6 Å². The predicted molar refractivity (Wildman–Crippen MR) is 79.3 cm³/mol. The van der Waals surface area contributed by atoms with Crippen LogP contribution in [0.2, 0.25) is 0 Å². The zero-order valence-electron chi connectivity index (χ0n) is 11.3. The molecule has 1 N–H and O–H groups in total. The Labute approximate surface area is 117 Å². The molecule has 0 radical (unpaired) electrons. The van der Waals surface area contributed by atoms with Gasteiger partial charge >= 0.3 is 5.97 Å². The van der Waals surface area contributed by atoms with Crippen molar-refractivity contribution in [2.45, 2.75) is 13.3 Å². The molecule has 0 saturated carbocycles. The molecule has 1 aliphatic heterocycles. The van der Waals surface area contributed by atoms with Gasteiger partial charge in [0.15, 0.2) is 0 Å². The number of carboxylic acids is 1. The summed E-state index contributed by atoms with van der Waals surface area (Å²) in [6, 6.07) is 7.70. The number of nitrogens with zero attached hydrogens (tertiary/aromatic N) is 2. The molecule has 2 heterocycles. The lowest BCUT2D eigenvalue weighted by Crippen LogP contribution is -2.30. The van der Waals surface area contributed by atoms with Crippen LogP contribution in [0.3, 0.4) is 0 Å². The van der Waals surface area contributed by atoms with Crippen molar-refractivity contribution in [2.75, 3.05) is 18.0 Å². The average molecular weight is 268 g/mol. The van der Waals surface area contributed by atoms with E-state index in [1.165, 1.54) is 11.8 Å². The third-order valence-corrected chi connectivity index (χ3v) is 3.63. The molecule has 20 heavy (non-hydrogen) atoms. The lowest BCUT2D eigenvalue weighted by atomic mass is 10.0. The van der Waals surface area contributed by atoms with E-state index in [1.807, 2.05) is 24.3 Å². The first kappa shape index (κ1) is 12.7. The summed E-state index contributed by atoms with van der Waals surface area (Å²) < 4.78 is 0. The molecule has 0 unspecified atom stereocenters. The highest BCUT2D eigenvalue weighted by Gasteiger charge is 2.21. The molecule has 1 aromatic heterocycles. The highest BCUT2D eigenvalue weighted by atomic mass is 16.4. The summed E-state index contributed by atoms with van der Waals surface area (Å²) in [6.45, 7) is 3.69. The van der Waals surface area contributed by atoms with Crippen LogP contribution in [0.25, 0.3) is 10.9 Å². The topological polar surface area (TPSA) is 53.4 Å². The van der Waals surface area contributed by atoms with E-state index < -0.39 is 5.97 Å². The molecule has 0 saturated heterocycles. The molecule has 0 amide bonds. The van der Waals surface area contributed by atoms with Gasteiger partial charge in [-0.2, -0.15) is 0 Å². The summed E-state index contributed by atoms with van der Waals surface area (Å²) in [5, 5.41) is 10.3. The third-order valence-electron chi connectivity index (χ3n) is 3.63. The van der Waals surface area contributed by atoms with E-state index in [-0.39, 0.29) is 5.56 Å². The summed E-state index contributed by atoms with van der Waals surface area (Å²) in [4.78, 5) is 17.9. The van der Waals surface area contributed by atoms with Gasteiger partial charge in [0.05, 0.1) is 11.2 Å². The molecule has 2 aromatic rings. The number of anilines is 1. The highest BCUT2D eigenvalue weighted by molar-refractivity contribution is 6.04. The van der Waals surface area contributed by atoms with Crippen molar-refractivity contribution in [3.8, 4) is 0 Å². The van der Waals surface area contributed by atoms with Gasteiger partial charge in [0, 0.05) is 24.7 Å². The zero-order chi connectivity index (χ0) is 14.1. The molecular formula is C16H16N2O2. The fourth-order valence-corrected chi connectivity index (χ4v) is 2.73. The Balaban J connectivity index is 2.22. The van der Waals surface area contributed by atoms with Crippen molar-refractivity contribution < 1.29 is 9.90 Å². The SMILES string of the molecule is CC1=CCCN(c2c(C(=O)O)cnc3ccccc23)C1. The summed E-state index contributed by atoms with van der Waals surface area (Å²) in [5.41, 5.74) is 3.17. The summed E-state index contributed by atoms with van der Waals surface area (Å²) in [7, 11) is 0. The molecule has 102 valence electrons. The van der Waals surface area contributed by atoms with E-state index in [2.05, 4.69) is 22.9 Å². The van der Waals surface area contributed by atoms with Gasteiger partial charge in [-0.1, -0.05) is 29.8 Å². The minimum atomic E-state index is -0.926. The quantitative estimate of drug-likeness (QED) is 0.850. The second kappa shape index (κ2) is 4.96. The molecular weight excluding hydrogens is 252 g/mol. The van der Waals surface area contributed by atoms with Gasteiger partial charge in [-0.05, 0) is 19.4 Å². The largest absolute Gasteiger partial charge is 0.478 e. The third kappa shape index (κ3) is 2.13. The molecule has 4 heteroatoms. The highest BCUT2D eigenvalue weighted by Crippen LogP contribution is 2.31. The molecule has 1 aliphatic rings. The van der Waals surface area contributed by atoms with Gasteiger partial charge in [0.1, 0.15) is 5.56 Å². The van der Waals surface area contributed by atoms with Crippen LogP contribution in [0.4, 0.5) is 5.69 Å². The van der Waals surface area contributed by atoms with Crippen LogP contribution in [-0.4, -0.2) is 29.1 Å². The van der Waals surface area contributed by atoms with E-state index in [0.29, 0.717) is 0 Å². The normalized spacial score (nSPS) is 15.2. The molecule has 1 aromatic carbocycles. The zero-order valence-corrected chi connectivity index (χ0v) is 11.3. The second-order valence-electron chi connectivity index (χ2n) is 5.10. The number of aromatic nitrogens is 1. The maximum absolute atomic E-state index is 11.5. The minimum absolute atomic E-state index is 0.276. The monoisotopic (exact) mass is 268 g/mol. The number of carboxylic acid groups (broad SMARTS) is 1. The predicted octanol–water partition coefficient (Wildman–Crippen LogP) is 3.09. The van der Waals surface area contributed by atoms with Gasteiger partial charge < -0.3 is 10.0 Å². The van der Waals surface area contributed by atoms with Gasteiger partial charge in [-0.15, -0.1) is 0 Å². The molecule has 0 atom stereocenters. The van der Waals surface area contributed by atoms with E-state index in [0.717, 1.165) is 36.1 Å². The van der Waals surface area contributed by atoms with Crippen molar-refractivity contribution in [1.82, 2.24) is 4.98 Å². The fraction of sp³-hybridized carbons (Fsp3) is 0.250. The maximum Gasteiger partial charge on any atom is 0.339 e. The van der Waals surface area contributed by atoms with Crippen LogP contribution in [0.5, 0.6) is 0 Å². The number of aromatic carboxylic acids is 1. The van der Waals surface area contributed by atoms with Crippen molar-refractivity contribution in [2.24, 2.45) is 0 Å². The Morgan fingerprint density at radius 1 is 1.35 bits per heavy atom. The van der Waals surface area contributed by atoms with Crippen molar-refractivity contribution in [1.29, 1.82) is 0 Å². The number of carbonyl (C=O) groups is 1. The Morgan fingerprint density at radius 2 is 2.15 bits per heavy atom. The van der Waals surface area contributed by atoms with Crippen LogP contribution < -0.4 is 4.90 Å². The Bertz CT molecular complexity index is 707. The van der Waals surface area contributed by atoms with E-state index in [4.69, 9.17) is 0 Å². The van der Waals surface area contributed by atoms with Gasteiger partial charge in [0.25, 0.3) is 0 Å². The van der Waals surface area contributed by atoms with Crippen LogP contribution in [0.1, 0.15) is 23.7 Å². The summed E-state index contributed by atoms with van der Waals surface area (Å²) in [5.74, 6) is -0.926. The van der Waals surface area contributed by atoms with Crippen LogP contribution in [-0.2, 0) is 0 Å². The number of pyridine rings is 1. The number of hydrogen-bond donors (Lipinski definition) is 1. The van der Waals surface area contributed by atoms with E-state index in [9.17, 15) is 9.90 Å². The number of hydrogen-bond acceptors (Lipinski definition) is 3. The molecule has 0 bridgehead atoms. The molecule has 0 aliphatic carbocycles. The van der Waals surface area contributed by atoms with Crippen LogP contribution in [0, 0.1) is 0 Å². The van der Waals surface area contributed by atoms with E-state index >= 15 is 0 Å². The van der Waals surface area contributed by atoms with Crippen molar-refractivity contribution in [3.63, 3.8) is 0 Å². The molecule has 4 nitrogen and oxygen atoms in total. The molecule has 0 fully saturated rings. The maximum atomic E-state index is 11.5. The van der Waals surface area contributed by atoms with Gasteiger partial charge in [0.2, 0.25) is 0 Å². The average Bonchev–Trinajstić information content (AvgIpc) is 2.46. The van der Waals surface area contributed by atoms with E-state index in [1.54, 1.807) is 0 Å². The summed E-state index contributed by atoms with van der Waals surface area (Å²) >= 11 is 0. The first-order valence-electron chi connectivity index (χ1n) is 6.68. The summed E-state index contributed by atoms with van der Waals surface area (Å²) in [6.07, 6.45) is 4.62. The first-order chi connectivity index (χ1) is 9.66. The van der Waals surface area contributed by atoms with Gasteiger partial charge in [-0.25, -0.2) is 4.79 Å². The minimum Gasteiger partial charge on any atom is -0.478 e. The Morgan fingerprint density at radius 3 is 2.90 bits per heavy atom. The number of benzene rings is 1. The Kier molecular flexibility index (Phi) is 3.14. The number of rotatable bonds is 2. The molecule has 3 rings (SSSR count). The lowest BCUT2D eigenvalue weighted by molar-refractivity contribution is 0.0697. The van der Waals surface area contributed by atoms with Gasteiger partial charge in [-0.3, -0.25) is 4.98 Å². The fourth-order valence-electron chi connectivity index (χ4n) is 2.73. The smallest absolute Gasteiger partial charge is 0.339 e. The second-order valence-corrected chi connectivity index (χ2v) is 5.10. The molecule has 0 spiro atoms. The van der Waals surface area contributed by atoms with Crippen molar-refractivity contribution in [3.05, 3.63) is 47.7 Å². The van der Waals surface area contributed by atoms with Crippen LogP contribution in [0.15, 0.2) is 42.1 Å². The number of para-hydroxylation sites is 1. The standard InChI is InChI=1S/C16H16N2O2/c1-11-5-4-8-18(10-11)15-12-6-2-3-7-14(12)17-9-13(15)16(19)20/h2-3,5-7,9H,4,8,10H2,1H3,(H,19,20). The van der Waals surface area contributed by atoms with Crippen LogP contribution >= 0.6 is 0 Å². The number of fused-ring (bicyclic) bond motifs is 1. The lowest BCUT2D eigenvalue weighted by Gasteiger charge is -2.30. The Hall–Kier alpha value is -2.36. The first-order valence-corrected chi connectivity index (χ1v) is 6.68.